The lowest BCUT2D eigenvalue weighted by Gasteiger charge is -1.95. The van der Waals surface area contributed by atoms with E-state index in [0.29, 0.717) is 5.69 Å². The predicted molar refractivity (Wildman–Crippen MR) is 53.9 cm³/mol. The van der Waals surface area contributed by atoms with Gasteiger partial charge in [-0.05, 0) is 0 Å². The van der Waals surface area contributed by atoms with E-state index in [1.54, 1.807) is 7.05 Å². The van der Waals surface area contributed by atoms with Gasteiger partial charge in [-0.2, -0.15) is 5.10 Å². The first kappa shape index (κ1) is 9.97. The Hall–Kier alpha value is -2.11. The molecule has 0 atom stereocenters. The van der Waals surface area contributed by atoms with Gasteiger partial charge in [0.25, 0.3) is 5.91 Å². The van der Waals surface area contributed by atoms with E-state index in [9.17, 15) is 4.79 Å². The molecule has 0 spiro atoms. The Bertz CT molecular complexity index is 404. The minimum Gasteiger partial charge on any atom is -0.382 e. The van der Waals surface area contributed by atoms with E-state index >= 15 is 0 Å². The molecule has 1 amide bonds. The van der Waals surface area contributed by atoms with E-state index in [1.165, 1.54) is 17.1 Å². The van der Waals surface area contributed by atoms with Crippen LogP contribution in [0.25, 0.3) is 0 Å². The van der Waals surface area contributed by atoms with Crippen LogP contribution >= 0.6 is 0 Å². The molecule has 1 rings (SSSR count). The zero-order valence-electron chi connectivity index (χ0n) is 7.77. The third-order valence-electron chi connectivity index (χ3n) is 1.67. The van der Waals surface area contributed by atoms with Gasteiger partial charge in [-0.15, -0.1) is 0 Å². The molecule has 0 radical (unpaired) electrons. The fraction of sp³-hybridized carbons (Fsp3) is 0.125. The Morgan fingerprint density at radius 2 is 2.36 bits per heavy atom. The largest absolute Gasteiger partial charge is 0.382 e. The van der Waals surface area contributed by atoms with Crippen molar-refractivity contribution < 1.29 is 4.79 Å². The van der Waals surface area contributed by atoms with E-state index in [4.69, 9.17) is 11.5 Å². The summed E-state index contributed by atoms with van der Waals surface area (Å²) in [6.45, 7) is 3.41. The molecule has 6 heteroatoms. The first-order valence-corrected chi connectivity index (χ1v) is 3.84. The van der Waals surface area contributed by atoms with Gasteiger partial charge in [0.2, 0.25) is 0 Å². The highest BCUT2D eigenvalue weighted by Gasteiger charge is 2.16. The summed E-state index contributed by atoms with van der Waals surface area (Å²) in [5.41, 5.74) is 11.3. The molecule has 4 N–H and O–H groups in total. The van der Waals surface area contributed by atoms with Gasteiger partial charge in [-0.3, -0.25) is 14.5 Å². The van der Waals surface area contributed by atoms with Crippen LogP contribution in [0.4, 0.5) is 5.82 Å². The average Bonchev–Trinajstić information content (AvgIpc) is 2.37. The van der Waals surface area contributed by atoms with Gasteiger partial charge in [0, 0.05) is 13.2 Å². The van der Waals surface area contributed by atoms with E-state index in [-0.39, 0.29) is 11.4 Å². The van der Waals surface area contributed by atoms with Crippen LogP contribution in [-0.4, -0.2) is 21.9 Å². The molecule has 0 aromatic carbocycles. The topological polar surface area (TPSA) is 99.3 Å². The molecule has 0 aliphatic carbocycles. The molecule has 6 nitrogen and oxygen atoms in total. The van der Waals surface area contributed by atoms with Crippen molar-refractivity contribution in [3.63, 3.8) is 0 Å². The zero-order valence-corrected chi connectivity index (χ0v) is 7.77. The summed E-state index contributed by atoms with van der Waals surface area (Å²) in [7, 11) is 1.65. The maximum Gasteiger partial charge on any atom is 0.254 e. The number of carbonyl (C=O) groups excluding carboxylic acids is 1. The zero-order chi connectivity index (χ0) is 10.7. The van der Waals surface area contributed by atoms with Gasteiger partial charge in [-0.25, -0.2) is 0 Å². The Morgan fingerprint density at radius 1 is 1.71 bits per heavy atom. The van der Waals surface area contributed by atoms with Crippen LogP contribution in [0.5, 0.6) is 0 Å². The number of hydrogen-bond acceptors (Lipinski definition) is 4. The van der Waals surface area contributed by atoms with Gasteiger partial charge in [0.1, 0.15) is 5.56 Å². The van der Waals surface area contributed by atoms with Gasteiger partial charge in [-0.1, -0.05) is 6.58 Å². The van der Waals surface area contributed by atoms with E-state index < -0.39 is 5.91 Å². The summed E-state index contributed by atoms with van der Waals surface area (Å²) in [4.78, 5) is 14.8. The van der Waals surface area contributed by atoms with Crippen molar-refractivity contribution >= 4 is 17.9 Å². The van der Waals surface area contributed by atoms with Crippen LogP contribution in [0, 0.1) is 0 Å². The molecule has 0 unspecified atom stereocenters. The second-order valence-corrected chi connectivity index (χ2v) is 2.59. The number of nitrogens with two attached hydrogens (primary N) is 2. The second-order valence-electron chi connectivity index (χ2n) is 2.59. The smallest absolute Gasteiger partial charge is 0.254 e. The Labute approximate surface area is 80.9 Å². The second kappa shape index (κ2) is 3.73. The van der Waals surface area contributed by atoms with E-state index in [1.807, 2.05) is 0 Å². The van der Waals surface area contributed by atoms with Gasteiger partial charge >= 0.3 is 0 Å². The molecular weight excluding hydrogens is 182 g/mol. The first-order valence-electron chi connectivity index (χ1n) is 3.84. The maximum absolute atomic E-state index is 11.0. The molecule has 1 aromatic rings. The molecule has 0 saturated heterocycles. The van der Waals surface area contributed by atoms with Gasteiger partial charge in [0.15, 0.2) is 5.82 Å². The third-order valence-corrected chi connectivity index (χ3v) is 1.67. The highest BCUT2D eigenvalue weighted by atomic mass is 16.1. The lowest BCUT2D eigenvalue weighted by Crippen LogP contribution is -2.15. The predicted octanol–water partition coefficient (Wildman–Crippen LogP) is -0.336. The maximum atomic E-state index is 11.0. The molecule has 1 heterocycles. The minimum absolute atomic E-state index is 0.102. The number of primary amides is 1. The monoisotopic (exact) mass is 193 g/mol. The quantitative estimate of drug-likeness (QED) is 0.642. The Kier molecular flexibility index (Phi) is 2.66. The number of carbonyl (C=O) groups is 1. The lowest BCUT2D eigenvalue weighted by atomic mass is 10.2. The van der Waals surface area contributed by atoms with Crippen molar-refractivity contribution in [2.45, 2.75) is 0 Å². The van der Waals surface area contributed by atoms with Crippen molar-refractivity contribution in [2.75, 3.05) is 5.73 Å². The molecule has 0 bridgehead atoms. The van der Waals surface area contributed by atoms with E-state index in [0.717, 1.165) is 0 Å². The number of nitrogen functional groups attached to an aromatic ring is 1. The Balaban J connectivity index is 3.31. The molecule has 0 aliphatic rings. The molecule has 14 heavy (non-hydrogen) atoms. The van der Waals surface area contributed by atoms with Crippen LogP contribution in [0.3, 0.4) is 0 Å². The molecule has 0 aliphatic heterocycles. The Morgan fingerprint density at radius 3 is 2.86 bits per heavy atom. The summed E-state index contributed by atoms with van der Waals surface area (Å²) in [6, 6.07) is 0. The van der Waals surface area contributed by atoms with Gasteiger partial charge < -0.3 is 11.5 Å². The number of aryl methyl sites for hydroxylation is 1. The van der Waals surface area contributed by atoms with E-state index in [2.05, 4.69) is 16.7 Å². The summed E-state index contributed by atoms with van der Waals surface area (Å²) in [5, 5.41) is 3.85. The number of anilines is 1. The number of rotatable bonds is 3. The molecular formula is C8H11N5O. The van der Waals surface area contributed by atoms with Crippen molar-refractivity contribution in [2.24, 2.45) is 17.8 Å². The number of hydrogen-bond donors (Lipinski definition) is 2. The molecule has 74 valence electrons. The normalized spacial score (nSPS) is 10.6. The first-order chi connectivity index (χ1) is 6.57. The highest BCUT2D eigenvalue weighted by molar-refractivity contribution is 6.04. The summed E-state index contributed by atoms with van der Waals surface area (Å²) in [5.74, 6) is -0.522. The fourth-order valence-corrected chi connectivity index (χ4v) is 1.08. The average molecular weight is 193 g/mol. The lowest BCUT2D eigenvalue weighted by molar-refractivity contribution is 0.100. The summed E-state index contributed by atoms with van der Waals surface area (Å²) in [6.07, 6.45) is 2.77. The molecule has 0 fully saturated rings. The third kappa shape index (κ3) is 1.63. The number of amides is 1. The minimum atomic E-state index is -0.624. The van der Waals surface area contributed by atoms with Crippen LogP contribution in [0.15, 0.2) is 17.8 Å². The van der Waals surface area contributed by atoms with Crippen molar-refractivity contribution in [1.29, 1.82) is 0 Å². The van der Waals surface area contributed by atoms with Crippen LogP contribution in [-0.2, 0) is 7.05 Å². The summed E-state index contributed by atoms with van der Waals surface area (Å²) < 4.78 is 1.43. The van der Waals surface area contributed by atoms with Crippen LogP contribution in [0.1, 0.15) is 16.1 Å². The number of aliphatic imine (C=N–C) groups is 1. The van der Waals surface area contributed by atoms with Crippen LogP contribution in [0.2, 0.25) is 0 Å². The van der Waals surface area contributed by atoms with Gasteiger partial charge in [0.05, 0.1) is 11.9 Å². The molecule has 1 aromatic heterocycles. The van der Waals surface area contributed by atoms with Crippen molar-refractivity contribution in [1.82, 2.24) is 9.78 Å². The van der Waals surface area contributed by atoms with Crippen molar-refractivity contribution in [3.05, 3.63) is 24.0 Å². The number of aromatic nitrogens is 2. The van der Waals surface area contributed by atoms with Crippen LogP contribution < -0.4 is 11.5 Å². The fourth-order valence-electron chi connectivity index (χ4n) is 1.08. The molecule has 0 saturated carbocycles. The number of nitrogens with zero attached hydrogens (tertiary/aromatic N) is 3. The van der Waals surface area contributed by atoms with Crippen molar-refractivity contribution in [3.8, 4) is 0 Å². The summed E-state index contributed by atoms with van der Waals surface area (Å²) >= 11 is 0. The standard InChI is InChI=1S/C8H11N5O/c1-3-11-4-5-6(8(10)14)7(9)12-13(5)2/h3-4H,1H2,2H3,(H2,9,12)(H2,10,14). The SMILES string of the molecule is C=CN=Cc1c(C(N)=O)c(N)nn1C. The highest BCUT2D eigenvalue weighted by Crippen LogP contribution is 2.12.